The maximum absolute atomic E-state index is 11.6. The van der Waals surface area contributed by atoms with Crippen molar-refractivity contribution in [3.8, 4) is 0 Å². The van der Waals surface area contributed by atoms with E-state index < -0.39 is 11.6 Å². The lowest BCUT2D eigenvalue weighted by molar-refractivity contribution is 0.00578. The molecule has 144 valence electrons. The Kier molecular flexibility index (Phi) is 5.51. The zero-order valence-corrected chi connectivity index (χ0v) is 17.3. The van der Waals surface area contributed by atoms with Crippen LogP contribution in [-0.4, -0.2) is 46.5 Å². The Balaban J connectivity index is 2.11. The van der Waals surface area contributed by atoms with Crippen LogP contribution >= 0.6 is 0 Å². The molecule has 1 aromatic rings. The van der Waals surface area contributed by atoms with Crippen LogP contribution in [0.3, 0.4) is 0 Å². The topological polar surface area (TPSA) is 59.0 Å². The predicted molar refractivity (Wildman–Crippen MR) is 105 cm³/mol. The molecule has 1 amide bonds. The summed E-state index contributed by atoms with van der Waals surface area (Å²) in [6, 6.07) is 8.09. The van der Waals surface area contributed by atoms with Crippen LogP contribution in [0.4, 0.5) is 4.79 Å². The molecule has 2 rings (SSSR count). The summed E-state index contributed by atoms with van der Waals surface area (Å²) in [6.45, 7) is 16.4. The second kappa shape index (κ2) is 6.89. The average molecular weight is 361 g/mol. The summed E-state index contributed by atoms with van der Waals surface area (Å²) in [7, 11) is -0.380. The van der Waals surface area contributed by atoms with Crippen molar-refractivity contribution in [2.24, 2.45) is 0 Å². The van der Waals surface area contributed by atoms with E-state index in [9.17, 15) is 9.90 Å². The summed E-state index contributed by atoms with van der Waals surface area (Å²) in [5.74, 6) is 0.0951. The normalized spacial score (nSPS) is 20.1. The molecule has 1 N–H and O–H groups in total. The highest BCUT2D eigenvalue weighted by atomic mass is 16.7. The highest BCUT2D eigenvalue weighted by Crippen LogP contribution is 2.36. The molecule has 6 heteroatoms. The molecule has 1 aliphatic rings. The molecule has 1 aromatic carbocycles. The van der Waals surface area contributed by atoms with E-state index in [1.54, 1.807) is 0 Å². The van der Waals surface area contributed by atoms with E-state index in [-0.39, 0.29) is 24.2 Å². The van der Waals surface area contributed by atoms with Crippen molar-refractivity contribution >= 4 is 18.7 Å². The van der Waals surface area contributed by atoms with Gasteiger partial charge in [0, 0.05) is 12.1 Å². The van der Waals surface area contributed by atoms with Crippen LogP contribution in [-0.2, 0) is 9.31 Å². The molecule has 1 heterocycles. The molecule has 0 bridgehead atoms. The zero-order valence-electron chi connectivity index (χ0n) is 17.3. The van der Waals surface area contributed by atoms with E-state index in [2.05, 4.69) is 0 Å². The molecular weight excluding hydrogens is 329 g/mol. The Morgan fingerprint density at radius 3 is 1.96 bits per heavy atom. The molecule has 0 aromatic heterocycles. The number of hydrogen-bond acceptors (Lipinski definition) is 3. The van der Waals surface area contributed by atoms with Crippen LogP contribution in [0, 0.1) is 0 Å². The van der Waals surface area contributed by atoms with Crippen molar-refractivity contribution in [3.63, 3.8) is 0 Å². The minimum Gasteiger partial charge on any atom is -0.465 e. The summed E-state index contributed by atoms with van der Waals surface area (Å²) in [6.07, 6.45) is -0.891. The van der Waals surface area contributed by atoms with Crippen molar-refractivity contribution in [2.45, 2.75) is 78.0 Å². The molecule has 0 radical (unpaired) electrons. The highest BCUT2D eigenvalue weighted by molar-refractivity contribution is 6.62. The predicted octanol–water partition coefficient (Wildman–Crippen LogP) is 3.87. The van der Waals surface area contributed by atoms with Gasteiger partial charge in [-0.05, 0) is 65.4 Å². The number of amides is 1. The van der Waals surface area contributed by atoms with Crippen LogP contribution in [0.5, 0.6) is 0 Å². The quantitative estimate of drug-likeness (QED) is 0.828. The van der Waals surface area contributed by atoms with E-state index in [1.165, 1.54) is 4.90 Å². The second-order valence-electron chi connectivity index (χ2n) is 9.22. The van der Waals surface area contributed by atoms with Gasteiger partial charge in [-0.25, -0.2) is 4.79 Å². The van der Waals surface area contributed by atoms with Gasteiger partial charge < -0.3 is 19.3 Å². The smallest absolute Gasteiger partial charge is 0.465 e. The van der Waals surface area contributed by atoms with E-state index >= 15 is 0 Å². The minimum atomic E-state index is -0.891. The molecule has 5 nitrogen and oxygen atoms in total. The van der Waals surface area contributed by atoms with Crippen LogP contribution in [0.15, 0.2) is 24.3 Å². The Labute approximate surface area is 157 Å². The van der Waals surface area contributed by atoms with E-state index in [0.29, 0.717) is 6.54 Å². The third kappa shape index (κ3) is 4.23. The van der Waals surface area contributed by atoms with Crippen LogP contribution in [0.1, 0.15) is 66.9 Å². The van der Waals surface area contributed by atoms with Gasteiger partial charge in [0.05, 0.1) is 11.2 Å². The van der Waals surface area contributed by atoms with Crippen LogP contribution in [0.2, 0.25) is 0 Å². The maximum atomic E-state index is 11.6. The molecule has 26 heavy (non-hydrogen) atoms. The van der Waals surface area contributed by atoms with E-state index in [4.69, 9.17) is 9.31 Å². The van der Waals surface area contributed by atoms with Gasteiger partial charge in [-0.2, -0.15) is 0 Å². The lowest BCUT2D eigenvalue weighted by atomic mass is 9.78. The van der Waals surface area contributed by atoms with Crippen molar-refractivity contribution in [1.29, 1.82) is 0 Å². The van der Waals surface area contributed by atoms with Crippen molar-refractivity contribution in [2.75, 3.05) is 6.54 Å². The molecule has 1 fully saturated rings. The number of hydrogen-bond donors (Lipinski definition) is 1. The standard InChI is InChI=1S/C20H32BNO4/c1-14(13-22(17(23)24)18(2,3)4)15-9-11-16(12-10-15)21-25-19(5,6)20(7,8)26-21/h9-12,14H,13H2,1-8H3,(H,23,24). The van der Waals surface area contributed by atoms with Gasteiger partial charge in [-0.1, -0.05) is 31.2 Å². The first-order valence-electron chi connectivity index (χ1n) is 9.21. The van der Waals surface area contributed by atoms with Gasteiger partial charge in [0.25, 0.3) is 0 Å². The average Bonchev–Trinajstić information content (AvgIpc) is 2.71. The Hall–Kier alpha value is -1.53. The fourth-order valence-electron chi connectivity index (χ4n) is 2.98. The monoisotopic (exact) mass is 361 g/mol. The third-order valence-electron chi connectivity index (χ3n) is 5.53. The number of benzene rings is 1. The van der Waals surface area contributed by atoms with Crippen LogP contribution in [0.25, 0.3) is 0 Å². The molecule has 0 saturated carbocycles. The summed E-state index contributed by atoms with van der Waals surface area (Å²) in [4.78, 5) is 13.0. The summed E-state index contributed by atoms with van der Waals surface area (Å²) in [5.41, 5.74) is 0.922. The minimum absolute atomic E-state index is 0.0951. The lowest BCUT2D eigenvalue weighted by Crippen LogP contribution is -2.46. The first-order valence-corrected chi connectivity index (χ1v) is 9.21. The Morgan fingerprint density at radius 2 is 1.58 bits per heavy atom. The van der Waals surface area contributed by atoms with Gasteiger partial charge in [-0.15, -0.1) is 0 Å². The van der Waals surface area contributed by atoms with Crippen molar-refractivity contribution in [1.82, 2.24) is 4.90 Å². The molecular formula is C20H32BNO4. The molecule has 1 atom stereocenters. The Morgan fingerprint density at radius 1 is 1.12 bits per heavy atom. The summed E-state index contributed by atoms with van der Waals surface area (Å²) in [5, 5.41) is 9.48. The zero-order chi connectivity index (χ0) is 19.9. The third-order valence-corrected chi connectivity index (χ3v) is 5.53. The van der Waals surface area contributed by atoms with Crippen LogP contribution < -0.4 is 5.46 Å². The number of carbonyl (C=O) groups is 1. The first kappa shape index (κ1) is 20.8. The fraction of sp³-hybridized carbons (Fsp3) is 0.650. The highest BCUT2D eigenvalue weighted by Gasteiger charge is 2.51. The molecule has 1 saturated heterocycles. The largest absolute Gasteiger partial charge is 0.494 e. The molecule has 0 spiro atoms. The van der Waals surface area contributed by atoms with Crippen molar-refractivity contribution in [3.05, 3.63) is 29.8 Å². The first-order chi connectivity index (χ1) is 11.7. The summed E-state index contributed by atoms with van der Waals surface area (Å²) >= 11 is 0. The maximum Gasteiger partial charge on any atom is 0.494 e. The molecule has 1 unspecified atom stereocenters. The lowest BCUT2D eigenvalue weighted by Gasteiger charge is -2.35. The fourth-order valence-corrected chi connectivity index (χ4v) is 2.98. The Bertz CT molecular complexity index is 633. The number of carboxylic acid groups (broad SMARTS) is 1. The SMILES string of the molecule is CC(CN(C(=O)O)C(C)(C)C)c1ccc(B2OC(C)(C)C(C)(C)O2)cc1. The van der Waals surface area contributed by atoms with E-state index in [0.717, 1.165) is 11.0 Å². The van der Waals surface area contributed by atoms with Gasteiger partial charge in [0.15, 0.2) is 0 Å². The van der Waals surface area contributed by atoms with Gasteiger partial charge in [0.2, 0.25) is 0 Å². The number of rotatable bonds is 4. The van der Waals surface area contributed by atoms with Gasteiger partial charge in [0.1, 0.15) is 0 Å². The van der Waals surface area contributed by atoms with Gasteiger partial charge in [-0.3, -0.25) is 0 Å². The number of nitrogens with zero attached hydrogens (tertiary/aromatic N) is 1. The summed E-state index contributed by atoms with van der Waals surface area (Å²) < 4.78 is 12.2. The van der Waals surface area contributed by atoms with Crippen molar-refractivity contribution < 1.29 is 19.2 Å². The van der Waals surface area contributed by atoms with Gasteiger partial charge >= 0.3 is 13.2 Å². The molecule has 1 aliphatic heterocycles. The second-order valence-corrected chi connectivity index (χ2v) is 9.22. The molecule has 0 aliphatic carbocycles. The van der Waals surface area contributed by atoms with E-state index in [1.807, 2.05) is 79.7 Å².